The van der Waals surface area contributed by atoms with Gasteiger partial charge in [0, 0.05) is 17.1 Å². The highest BCUT2D eigenvalue weighted by atomic mass is 32.1. The van der Waals surface area contributed by atoms with E-state index < -0.39 is 11.7 Å². The van der Waals surface area contributed by atoms with Gasteiger partial charge in [0.25, 0.3) is 0 Å². The Morgan fingerprint density at radius 1 is 1.19 bits per heavy atom. The van der Waals surface area contributed by atoms with Crippen LogP contribution in [0.4, 0.5) is 13.2 Å². The third kappa shape index (κ3) is 2.13. The van der Waals surface area contributed by atoms with E-state index in [4.69, 9.17) is 0 Å². The van der Waals surface area contributed by atoms with Crippen LogP contribution in [0.3, 0.4) is 0 Å². The van der Waals surface area contributed by atoms with Gasteiger partial charge < -0.3 is 0 Å². The first kappa shape index (κ1) is 10.9. The van der Waals surface area contributed by atoms with Crippen LogP contribution in [0.5, 0.6) is 0 Å². The van der Waals surface area contributed by atoms with E-state index in [0.717, 1.165) is 23.7 Å². The topological polar surface area (TPSA) is 45.8 Å². The van der Waals surface area contributed by atoms with Crippen molar-refractivity contribution in [1.29, 1.82) is 0 Å². The molecule has 16 heavy (non-hydrogen) atoms. The van der Waals surface area contributed by atoms with E-state index in [-0.39, 0.29) is 10.7 Å². The summed E-state index contributed by atoms with van der Waals surface area (Å²) in [6, 6.07) is 4.45. The molecule has 0 unspecified atom stereocenters. The van der Waals surface area contributed by atoms with Crippen molar-refractivity contribution in [3.8, 4) is 11.4 Å². The molecule has 0 atom stereocenters. The molecule has 0 aliphatic carbocycles. The second-order valence-electron chi connectivity index (χ2n) is 3.02. The Morgan fingerprint density at radius 3 is 2.25 bits per heavy atom. The summed E-state index contributed by atoms with van der Waals surface area (Å²) in [4.78, 5) is 12.9. The summed E-state index contributed by atoms with van der Waals surface area (Å²) in [5.41, 5.74) is -0.278. The zero-order valence-corrected chi connectivity index (χ0v) is 8.52. The van der Waals surface area contributed by atoms with Crippen LogP contribution >= 0.6 is 11.5 Å². The molecule has 2 aromatic rings. The molecule has 0 bridgehead atoms. The van der Waals surface area contributed by atoms with Crippen LogP contribution < -0.4 is 4.87 Å². The van der Waals surface area contributed by atoms with Crippen molar-refractivity contribution in [2.45, 2.75) is 6.18 Å². The Morgan fingerprint density at radius 2 is 1.81 bits per heavy atom. The van der Waals surface area contributed by atoms with E-state index in [1.807, 2.05) is 0 Å². The van der Waals surface area contributed by atoms with Gasteiger partial charge in [-0.15, -0.1) is 0 Å². The largest absolute Gasteiger partial charge is 0.416 e. The molecule has 1 heterocycles. The van der Waals surface area contributed by atoms with Crippen LogP contribution in [0.1, 0.15) is 5.56 Å². The molecule has 1 N–H and O–H groups in total. The molecule has 84 valence electrons. The highest BCUT2D eigenvalue weighted by Crippen LogP contribution is 2.30. The average Bonchev–Trinajstić information content (AvgIpc) is 2.64. The van der Waals surface area contributed by atoms with Crippen LogP contribution in [0.25, 0.3) is 11.4 Å². The zero-order chi connectivity index (χ0) is 11.8. The van der Waals surface area contributed by atoms with Crippen LogP contribution in [-0.2, 0) is 6.18 Å². The number of hydrogen-bond donors (Lipinski definition) is 1. The maximum absolute atomic E-state index is 12.3. The molecule has 0 fully saturated rings. The second-order valence-corrected chi connectivity index (χ2v) is 3.75. The zero-order valence-electron chi connectivity index (χ0n) is 7.71. The molecule has 2 rings (SSSR count). The smallest absolute Gasteiger partial charge is 0.296 e. The van der Waals surface area contributed by atoms with Gasteiger partial charge in [0.05, 0.1) is 5.56 Å². The van der Waals surface area contributed by atoms with Crippen LogP contribution in [0.15, 0.2) is 29.1 Å². The van der Waals surface area contributed by atoms with Crippen molar-refractivity contribution in [2.75, 3.05) is 0 Å². The molecule has 0 spiro atoms. The Hall–Kier alpha value is -1.63. The quantitative estimate of drug-likeness (QED) is 0.840. The van der Waals surface area contributed by atoms with Crippen molar-refractivity contribution < 1.29 is 13.2 Å². The Kier molecular flexibility index (Phi) is 2.55. The van der Waals surface area contributed by atoms with Crippen LogP contribution in [0.2, 0.25) is 0 Å². The van der Waals surface area contributed by atoms with Gasteiger partial charge in [-0.3, -0.25) is 9.78 Å². The predicted octanol–water partition coefficient (Wildman–Crippen LogP) is 2.52. The van der Waals surface area contributed by atoms with Gasteiger partial charge in [-0.05, 0) is 12.1 Å². The first-order valence-corrected chi connectivity index (χ1v) is 4.98. The number of alkyl halides is 3. The first-order valence-electron chi connectivity index (χ1n) is 4.20. The van der Waals surface area contributed by atoms with E-state index >= 15 is 0 Å². The lowest BCUT2D eigenvalue weighted by molar-refractivity contribution is -0.137. The second kappa shape index (κ2) is 3.75. The van der Waals surface area contributed by atoms with Crippen molar-refractivity contribution in [3.63, 3.8) is 0 Å². The standard InChI is InChI=1S/C9H5F3N2OS/c10-9(11,12)6-3-1-5(2-4-6)7-13-8(15)16-14-7/h1-4H,(H,13,14,15). The molecule has 0 radical (unpaired) electrons. The lowest BCUT2D eigenvalue weighted by Crippen LogP contribution is -2.04. The van der Waals surface area contributed by atoms with Gasteiger partial charge in [0.15, 0.2) is 5.82 Å². The SMILES string of the molecule is O=c1[nH]c(-c2ccc(C(F)(F)F)cc2)ns1. The maximum Gasteiger partial charge on any atom is 0.416 e. The summed E-state index contributed by atoms with van der Waals surface area (Å²) >= 11 is 0.726. The Labute approximate surface area is 91.7 Å². The van der Waals surface area contributed by atoms with Gasteiger partial charge in [-0.25, -0.2) is 0 Å². The van der Waals surface area contributed by atoms with Gasteiger partial charge in [-0.1, -0.05) is 12.1 Å². The Bertz CT molecular complexity index is 541. The molecule has 0 amide bonds. The van der Waals surface area contributed by atoms with Gasteiger partial charge >= 0.3 is 11.0 Å². The molecule has 0 saturated carbocycles. The van der Waals surface area contributed by atoms with E-state index in [1.165, 1.54) is 12.1 Å². The predicted molar refractivity (Wildman–Crippen MR) is 53.2 cm³/mol. The van der Waals surface area contributed by atoms with E-state index in [2.05, 4.69) is 9.36 Å². The summed E-state index contributed by atoms with van der Waals surface area (Å²) in [7, 11) is 0. The fourth-order valence-electron chi connectivity index (χ4n) is 1.17. The van der Waals surface area contributed by atoms with Gasteiger partial charge in [0.1, 0.15) is 0 Å². The lowest BCUT2D eigenvalue weighted by Gasteiger charge is -2.06. The normalized spacial score (nSPS) is 11.7. The molecule has 3 nitrogen and oxygen atoms in total. The number of aromatic amines is 1. The summed E-state index contributed by atoms with van der Waals surface area (Å²) in [5, 5.41) is 0. The number of aromatic nitrogens is 2. The summed E-state index contributed by atoms with van der Waals surface area (Å²) in [5.74, 6) is 0.281. The fourth-order valence-corrected chi connectivity index (χ4v) is 1.64. The monoisotopic (exact) mass is 246 g/mol. The maximum atomic E-state index is 12.3. The number of halogens is 3. The van der Waals surface area contributed by atoms with Crippen molar-refractivity contribution in [1.82, 2.24) is 9.36 Å². The lowest BCUT2D eigenvalue weighted by atomic mass is 10.1. The molecule has 0 aliphatic rings. The number of H-pyrrole nitrogens is 1. The highest BCUT2D eigenvalue weighted by molar-refractivity contribution is 7.03. The molecule has 0 aliphatic heterocycles. The molecular weight excluding hydrogens is 241 g/mol. The van der Waals surface area contributed by atoms with Crippen molar-refractivity contribution in [2.24, 2.45) is 0 Å². The third-order valence-corrected chi connectivity index (χ3v) is 2.47. The number of rotatable bonds is 1. The molecular formula is C9H5F3N2OS. The van der Waals surface area contributed by atoms with Crippen molar-refractivity contribution in [3.05, 3.63) is 39.5 Å². The Balaban J connectivity index is 2.36. The van der Waals surface area contributed by atoms with E-state index in [0.29, 0.717) is 5.56 Å². The first-order chi connectivity index (χ1) is 7.47. The minimum Gasteiger partial charge on any atom is -0.296 e. The summed E-state index contributed by atoms with van der Waals surface area (Å²) < 4.78 is 40.5. The number of nitrogens with zero attached hydrogens (tertiary/aromatic N) is 1. The van der Waals surface area contributed by atoms with E-state index in [1.54, 1.807) is 0 Å². The molecule has 7 heteroatoms. The molecule has 0 saturated heterocycles. The summed E-state index contributed by atoms with van der Waals surface area (Å²) in [6.45, 7) is 0. The average molecular weight is 246 g/mol. The van der Waals surface area contributed by atoms with Crippen LogP contribution in [-0.4, -0.2) is 9.36 Å². The molecule has 1 aromatic carbocycles. The minimum atomic E-state index is -4.35. The van der Waals surface area contributed by atoms with Gasteiger partial charge in [0.2, 0.25) is 0 Å². The fraction of sp³-hybridized carbons (Fsp3) is 0.111. The van der Waals surface area contributed by atoms with Crippen molar-refractivity contribution >= 4 is 11.5 Å². The summed E-state index contributed by atoms with van der Waals surface area (Å²) in [6.07, 6.45) is -4.35. The highest BCUT2D eigenvalue weighted by Gasteiger charge is 2.30. The minimum absolute atomic E-state index is 0.281. The number of hydrogen-bond acceptors (Lipinski definition) is 3. The molecule has 1 aromatic heterocycles. The van der Waals surface area contributed by atoms with Crippen LogP contribution in [0, 0.1) is 0 Å². The number of nitrogens with one attached hydrogen (secondary N) is 1. The number of benzene rings is 1. The van der Waals surface area contributed by atoms with E-state index in [9.17, 15) is 18.0 Å². The third-order valence-electron chi connectivity index (χ3n) is 1.93. The van der Waals surface area contributed by atoms with Gasteiger partial charge in [-0.2, -0.15) is 17.5 Å².